The number of fused-ring (bicyclic) bond motifs is 1. The van der Waals surface area contributed by atoms with Crippen molar-refractivity contribution in [3.8, 4) is 5.75 Å². The van der Waals surface area contributed by atoms with Crippen LogP contribution in [0.2, 0.25) is 5.02 Å². The van der Waals surface area contributed by atoms with Crippen molar-refractivity contribution < 1.29 is 9.15 Å². The summed E-state index contributed by atoms with van der Waals surface area (Å²) in [7, 11) is 1.63. The van der Waals surface area contributed by atoms with Crippen molar-refractivity contribution in [3.05, 3.63) is 59.3 Å². The lowest BCUT2D eigenvalue weighted by molar-refractivity contribution is 0.415. The first-order valence-corrected chi connectivity index (χ1v) is 7.14. The molecule has 108 valence electrons. The molecule has 1 unspecified atom stereocenters. The largest absolute Gasteiger partial charge is 0.497 e. The third-order valence-electron chi connectivity index (χ3n) is 3.42. The fourth-order valence-corrected chi connectivity index (χ4v) is 2.43. The van der Waals surface area contributed by atoms with Crippen LogP contribution in [0.5, 0.6) is 5.75 Å². The van der Waals surface area contributed by atoms with Crippen LogP contribution in [0.25, 0.3) is 11.0 Å². The lowest BCUT2D eigenvalue weighted by atomic mass is 10.2. The van der Waals surface area contributed by atoms with Crippen molar-refractivity contribution in [3.63, 3.8) is 0 Å². The molecule has 1 heterocycles. The molecule has 0 saturated carbocycles. The molecular formula is C17H16ClNO2. The van der Waals surface area contributed by atoms with Crippen LogP contribution in [0, 0.1) is 0 Å². The van der Waals surface area contributed by atoms with Crippen LogP contribution in [-0.2, 0) is 0 Å². The molecule has 0 amide bonds. The predicted molar refractivity (Wildman–Crippen MR) is 86.3 cm³/mol. The molecule has 0 bridgehead atoms. The normalized spacial score (nSPS) is 12.3. The first kappa shape index (κ1) is 13.8. The van der Waals surface area contributed by atoms with E-state index in [1.54, 1.807) is 7.11 Å². The first-order valence-electron chi connectivity index (χ1n) is 6.76. The molecule has 0 aliphatic carbocycles. The molecule has 0 aliphatic heterocycles. The fourth-order valence-electron chi connectivity index (χ4n) is 2.26. The second-order valence-electron chi connectivity index (χ2n) is 4.90. The second-order valence-corrected chi connectivity index (χ2v) is 5.31. The Morgan fingerprint density at radius 2 is 1.95 bits per heavy atom. The molecule has 0 spiro atoms. The number of methoxy groups -OCH3 is 1. The summed E-state index contributed by atoms with van der Waals surface area (Å²) in [5.74, 6) is 1.63. The Bertz CT molecular complexity index is 733. The maximum Gasteiger partial charge on any atom is 0.134 e. The summed E-state index contributed by atoms with van der Waals surface area (Å²) in [5.41, 5.74) is 1.71. The number of rotatable bonds is 4. The van der Waals surface area contributed by atoms with E-state index in [9.17, 15) is 0 Å². The lowest BCUT2D eigenvalue weighted by Crippen LogP contribution is -2.06. The summed E-state index contributed by atoms with van der Waals surface area (Å²) in [6, 6.07) is 15.5. The summed E-state index contributed by atoms with van der Waals surface area (Å²) in [6.45, 7) is 2.04. The fraction of sp³-hybridized carbons (Fsp3) is 0.176. The first-order chi connectivity index (χ1) is 10.2. The standard InChI is InChI=1S/C17H16ClNO2/c1-11(17-9-12-5-3-4-6-16(12)21-17)19-15-10-13(20-2)7-8-14(15)18/h3-11,19H,1-2H3. The van der Waals surface area contributed by atoms with Gasteiger partial charge in [0.15, 0.2) is 0 Å². The number of nitrogens with one attached hydrogen (secondary N) is 1. The van der Waals surface area contributed by atoms with Crippen molar-refractivity contribution in [2.75, 3.05) is 12.4 Å². The molecule has 2 aromatic carbocycles. The molecule has 3 nitrogen and oxygen atoms in total. The number of anilines is 1. The molecule has 3 rings (SSSR count). The van der Waals surface area contributed by atoms with E-state index in [0.717, 1.165) is 28.2 Å². The molecule has 0 radical (unpaired) electrons. The molecule has 4 heteroatoms. The lowest BCUT2D eigenvalue weighted by Gasteiger charge is -2.15. The van der Waals surface area contributed by atoms with Gasteiger partial charge < -0.3 is 14.5 Å². The number of hydrogen-bond donors (Lipinski definition) is 1. The topological polar surface area (TPSA) is 34.4 Å². The van der Waals surface area contributed by atoms with Gasteiger partial charge in [0.2, 0.25) is 0 Å². The maximum atomic E-state index is 6.21. The molecule has 1 N–H and O–H groups in total. The summed E-state index contributed by atoms with van der Waals surface area (Å²) in [4.78, 5) is 0. The molecule has 0 aliphatic rings. The van der Waals surface area contributed by atoms with Gasteiger partial charge in [-0.25, -0.2) is 0 Å². The number of para-hydroxylation sites is 1. The Labute approximate surface area is 128 Å². The molecule has 0 saturated heterocycles. The third-order valence-corrected chi connectivity index (χ3v) is 3.75. The smallest absolute Gasteiger partial charge is 0.134 e. The third kappa shape index (κ3) is 2.83. The zero-order valence-electron chi connectivity index (χ0n) is 11.9. The average molecular weight is 302 g/mol. The summed E-state index contributed by atoms with van der Waals surface area (Å²) >= 11 is 6.21. The molecule has 3 aromatic rings. The van der Waals surface area contributed by atoms with Crippen molar-refractivity contribution >= 4 is 28.3 Å². The average Bonchev–Trinajstić information content (AvgIpc) is 2.93. The van der Waals surface area contributed by atoms with Gasteiger partial charge in [-0.15, -0.1) is 0 Å². The van der Waals surface area contributed by atoms with E-state index in [1.807, 2.05) is 55.5 Å². The zero-order valence-corrected chi connectivity index (χ0v) is 12.6. The number of halogens is 1. The van der Waals surface area contributed by atoms with Crippen LogP contribution in [0.15, 0.2) is 52.9 Å². The van der Waals surface area contributed by atoms with E-state index >= 15 is 0 Å². The van der Waals surface area contributed by atoms with Crippen LogP contribution in [0.3, 0.4) is 0 Å². The van der Waals surface area contributed by atoms with Crippen LogP contribution in [0.1, 0.15) is 18.7 Å². The van der Waals surface area contributed by atoms with Gasteiger partial charge in [-0.2, -0.15) is 0 Å². The summed E-state index contributed by atoms with van der Waals surface area (Å²) < 4.78 is 11.1. The number of benzene rings is 2. The van der Waals surface area contributed by atoms with E-state index in [1.165, 1.54) is 0 Å². The zero-order chi connectivity index (χ0) is 14.8. The van der Waals surface area contributed by atoms with E-state index in [4.69, 9.17) is 20.8 Å². The van der Waals surface area contributed by atoms with Crippen LogP contribution in [0.4, 0.5) is 5.69 Å². The minimum Gasteiger partial charge on any atom is -0.497 e. The molecule has 0 fully saturated rings. The highest BCUT2D eigenvalue weighted by molar-refractivity contribution is 6.33. The highest BCUT2D eigenvalue weighted by Crippen LogP contribution is 2.31. The van der Waals surface area contributed by atoms with E-state index in [0.29, 0.717) is 5.02 Å². The molecule has 1 atom stereocenters. The van der Waals surface area contributed by atoms with Gasteiger partial charge in [0.1, 0.15) is 17.1 Å². The van der Waals surface area contributed by atoms with Crippen molar-refractivity contribution in [2.45, 2.75) is 13.0 Å². The van der Waals surface area contributed by atoms with Gasteiger partial charge in [0, 0.05) is 11.5 Å². The molecule has 1 aromatic heterocycles. The van der Waals surface area contributed by atoms with Gasteiger partial charge in [-0.3, -0.25) is 0 Å². The van der Waals surface area contributed by atoms with Gasteiger partial charge in [-0.05, 0) is 31.2 Å². The van der Waals surface area contributed by atoms with Crippen molar-refractivity contribution in [2.24, 2.45) is 0 Å². The van der Waals surface area contributed by atoms with Gasteiger partial charge in [0.25, 0.3) is 0 Å². The SMILES string of the molecule is COc1ccc(Cl)c(NC(C)c2cc3ccccc3o2)c1. The summed E-state index contributed by atoms with van der Waals surface area (Å²) in [6.07, 6.45) is 0. The van der Waals surface area contributed by atoms with E-state index in [-0.39, 0.29) is 6.04 Å². The monoisotopic (exact) mass is 301 g/mol. The number of hydrogen-bond acceptors (Lipinski definition) is 3. The Balaban J connectivity index is 1.87. The predicted octanol–water partition coefficient (Wildman–Crippen LogP) is 5.27. The Kier molecular flexibility index (Phi) is 3.76. The Morgan fingerprint density at radius 1 is 1.14 bits per heavy atom. The van der Waals surface area contributed by atoms with Gasteiger partial charge in [-0.1, -0.05) is 29.8 Å². The minimum atomic E-state index is 0.00186. The van der Waals surface area contributed by atoms with E-state index in [2.05, 4.69) is 5.32 Å². The van der Waals surface area contributed by atoms with Crippen LogP contribution >= 0.6 is 11.6 Å². The Hall–Kier alpha value is -2.13. The second kappa shape index (κ2) is 5.70. The van der Waals surface area contributed by atoms with Crippen molar-refractivity contribution in [1.82, 2.24) is 0 Å². The van der Waals surface area contributed by atoms with E-state index < -0.39 is 0 Å². The van der Waals surface area contributed by atoms with Crippen LogP contribution in [-0.4, -0.2) is 7.11 Å². The van der Waals surface area contributed by atoms with Gasteiger partial charge >= 0.3 is 0 Å². The highest BCUT2D eigenvalue weighted by atomic mass is 35.5. The van der Waals surface area contributed by atoms with Crippen molar-refractivity contribution in [1.29, 1.82) is 0 Å². The summed E-state index contributed by atoms with van der Waals surface area (Å²) in [5, 5.41) is 5.10. The number of ether oxygens (including phenoxy) is 1. The molecular weight excluding hydrogens is 286 g/mol. The minimum absolute atomic E-state index is 0.00186. The molecule has 21 heavy (non-hydrogen) atoms. The van der Waals surface area contributed by atoms with Crippen LogP contribution < -0.4 is 10.1 Å². The highest BCUT2D eigenvalue weighted by Gasteiger charge is 2.13. The Morgan fingerprint density at radius 3 is 2.71 bits per heavy atom. The van der Waals surface area contributed by atoms with Gasteiger partial charge in [0.05, 0.1) is 23.9 Å². The maximum absolute atomic E-state index is 6.21. The number of furan rings is 1. The quantitative estimate of drug-likeness (QED) is 0.713.